The summed E-state index contributed by atoms with van der Waals surface area (Å²) in [5.74, 6) is -1.19. The van der Waals surface area contributed by atoms with E-state index in [9.17, 15) is 9.59 Å². The van der Waals surface area contributed by atoms with E-state index in [1.807, 2.05) is 0 Å². The van der Waals surface area contributed by atoms with E-state index in [2.05, 4.69) is 0 Å². The molecule has 0 aliphatic carbocycles. The van der Waals surface area contributed by atoms with Gasteiger partial charge in [0.05, 0.1) is 17.7 Å². The van der Waals surface area contributed by atoms with Crippen molar-refractivity contribution in [2.24, 2.45) is 5.73 Å². The first-order valence-corrected chi connectivity index (χ1v) is 7.31. The zero-order valence-corrected chi connectivity index (χ0v) is 13.9. The van der Waals surface area contributed by atoms with Crippen LogP contribution in [0.3, 0.4) is 0 Å². The molecule has 2 rings (SSSR count). The minimum atomic E-state index is -0.594. The molecule has 142 valence electrons. The number of nitrogens with one attached hydrogen (secondary N) is 2. The van der Waals surface area contributed by atoms with Crippen LogP contribution in [0.1, 0.15) is 20.7 Å². The number of carbonyl (C=O) groups excluding carboxylic acids is 2. The number of nitrogen functional groups attached to an aromatic ring is 2. The topological polar surface area (TPSA) is 197 Å². The van der Waals surface area contributed by atoms with Crippen LogP contribution in [0.5, 0.6) is 0 Å². The molecule has 2 aromatic rings. The third-order valence-electron chi connectivity index (χ3n) is 2.74. The fraction of sp³-hybridized carbons (Fsp3) is 0.125. The van der Waals surface area contributed by atoms with Crippen LogP contribution < -0.4 is 28.2 Å². The van der Waals surface area contributed by atoms with Gasteiger partial charge in [0.25, 0.3) is 11.8 Å². The van der Waals surface area contributed by atoms with E-state index in [4.69, 9.17) is 32.7 Å². The number of nitrogens with two attached hydrogens (primary N) is 3. The van der Waals surface area contributed by atoms with Gasteiger partial charge in [0, 0.05) is 17.9 Å². The maximum Gasteiger partial charge on any atom is 0.276 e. The third-order valence-corrected chi connectivity index (χ3v) is 2.74. The Bertz CT molecular complexity index is 637. The highest BCUT2D eigenvalue weighted by Gasteiger charge is 2.06. The van der Waals surface area contributed by atoms with Crippen molar-refractivity contribution in [3.63, 3.8) is 0 Å². The highest BCUT2D eigenvalue weighted by Crippen LogP contribution is 2.09. The van der Waals surface area contributed by atoms with Gasteiger partial charge in [-0.05, 0) is 24.3 Å². The summed E-state index contributed by atoms with van der Waals surface area (Å²) >= 11 is 0. The maximum absolute atomic E-state index is 10.8. The number of para-hydroxylation sites is 2. The van der Waals surface area contributed by atoms with Gasteiger partial charge in [0.2, 0.25) is 0 Å². The number of rotatable bonds is 3. The summed E-state index contributed by atoms with van der Waals surface area (Å²) in [6, 6.07) is 13.0. The predicted octanol–water partition coefficient (Wildman–Crippen LogP) is -0.287. The molecule has 0 aromatic heterocycles. The van der Waals surface area contributed by atoms with E-state index in [0.717, 1.165) is 0 Å². The fourth-order valence-corrected chi connectivity index (χ4v) is 1.53. The number of carbonyl (C=O) groups is 2. The SMILES string of the molecule is NCCO.Nc1ccccc1C(=O)NO.Nc1ccccc1C(=O)NO. The molecular weight excluding hydrogens is 342 g/mol. The molecular formula is C16H23N5O5. The van der Waals surface area contributed by atoms with E-state index in [0.29, 0.717) is 17.9 Å². The van der Waals surface area contributed by atoms with E-state index < -0.39 is 11.8 Å². The number of hydrogen-bond acceptors (Lipinski definition) is 8. The molecule has 0 atom stereocenters. The number of anilines is 2. The second-order valence-corrected chi connectivity index (χ2v) is 4.57. The van der Waals surface area contributed by atoms with Gasteiger partial charge in [-0.1, -0.05) is 24.3 Å². The number of aliphatic hydroxyl groups excluding tert-OH is 1. The van der Waals surface area contributed by atoms with Gasteiger partial charge >= 0.3 is 0 Å². The number of hydroxylamine groups is 2. The number of aliphatic hydroxyl groups is 1. The quantitative estimate of drug-likeness (QED) is 0.206. The third kappa shape index (κ3) is 8.08. The normalized spacial score (nSPS) is 8.92. The van der Waals surface area contributed by atoms with E-state index >= 15 is 0 Å². The second kappa shape index (κ2) is 13.1. The summed E-state index contributed by atoms with van der Waals surface area (Å²) in [5.41, 5.74) is 19.9. The molecule has 26 heavy (non-hydrogen) atoms. The van der Waals surface area contributed by atoms with E-state index in [1.165, 1.54) is 23.1 Å². The lowest BCUT2D eigenvalue weighted by atomic mass is 10.2. The molecule has 10 heteroatoms. The van der Waals surface area contributed by atoms with Gasteiger partial charge in [-0.15, -0.1) is 0 Å². The highest BCUT2D eigenvalue weighted by molar-refractivity contribution is 5.98. The van der Waals surface area contributed by atoms with Gasteiger partial charge in [0.1, 0.15) is 0 Å². The standard InChI is InChI=1S/2C7H8N2O2.C2H7NO/c2*8-6-4-2-1-3-5(6)7(10)9-11;3-1-2-4/h2*1-4,11H,8H2,(H,9,10);4H,1-3H2. The Hall–Kier alpha value is -3.18. The van der Waals surface area contributed by atoms with Crippen molar-refractivity contribution in [2.45, 2.75) is 0 Å². The molecule has 0 unspecified atom stereocenters. The van der Waals surface area contributed by atoms with Crippen molar-refractivity contribution in [1.29, 1.82) is 0 Å². The molecule has 10 nitrogen and oxygen atoms in total. The Morgan fingerprint density at radius 2 is 1.12 bits per heavy atom. The molecule has 0 aliphatic heterocycles. The number of benzene rings is 2. The summed E-state index contributed by atoms with van der Waals surface area (Å²) in [6.07, 6.45) is 0. The highest BCUT2D eigenvalue weighted by atomic mass is 16.5. The first-order chi connectivity index (χ1) is 12.4. The van der Waals surface area contributed by atoms with Crippen molar-refractivity contribution in [3.05, 3.63) is 59.7 Å². The van der Waals surface area contributed by atoms with Crippen LogP contribution in [0.4, 0.5) is 11.4 Å². The van der Waals surface area contributed by atoms with Crippen LogP contribution >= 0.6 is 0 Å². The molecule has 0 aliphatic rings. The minimum absolute atomic E-state index is 0.0972. The summed E-state index contributed by atoms with van der Waals surface area (Å²) in [7, 11) is 0. The van der Waals surface area contributed by atoms with Gasteiger partial charge < -0.3 is 22.3 Å². The largest absolute Gasteiger partial charge is 0.398 e. The van der Waals surface area contributed by atoms with Crippen molar-refractivity contribution in [2.75, 3.05) is 24.6 Å². The van der Waals surface area contributed by atoms with Crippen LogP contribution in [-0.2, 0) is 0 Å². The van der Waals surface area contributed by atoms with Gasteiger partial charge in [-0.3, -0.25) is 20.0 Å². The molecule has 0 spiro atoms. The molecule has 0 bridgehead atoms. The molecule has 0 saturated heterocycles. The molecule has 2 amide bonds. The average molecular weight is 365 g/mol. The Kier molecular flexibility index (Phi) is 11.5. The van der Waals surface area contributed by atoms with Crippen LogP contribution in [-0.4, -0.2) is 40.5 Å². The Balaban J connectivity index is 0.000000401. The number of hydrogen-bond donors (Lipinski definition) is 8. The van der Waals surface area contributed by atoms with Crippen molar-refractivity contribution >= 4 is 23.2 Å². The maximum atomic E-state index is 10.8. The Morgan fingerprint density at radius 3 is 1.35 bits per heavy atom. The fourth-order valence-electron chi connectivity index (χ4n) is 1.53. The van der Waals surface area contributed by atoms with E-state index in [1.54, 1.807) is 36.4 Å². The van der Waals surface area contributed by atoms with Crippen LogP contribution in [0.25, 0.3) is 0 Å². The van der Waals surface area contributed by atoms with Crippen LogP contribution in [0.2, 0.25) is 0 Å². The van der Waals surface area contributed by atoms with Crippen molar-refractivity contribution in [3.8, 4) is 0 Å². The Morgan fingerprint density at radius 1 is 0.808 bits per heavy atom. The summed E-state index contributed by atoms with van der Waals surface area (Å²) < 4.78 is 0. The zero-order chi connectivity index (χ0) is 19.9. The average Bonchev–Trinajstić information content (AvgIpc) is 2.68. The van der Waals surface area contributed by atoms with Crippen LogP contribution in [0.15, 0.2) is 48.5 Å². The minimum Gasteiger partial charge on any atom is -0.398 e. The molecule has 0 heterocycles. The van der Waals surface area contributed by atoms with E-state index in [-0.39, 0.29) is 17.7 Å². The zero-order valence-electron chi connectivity index (χ0n) is 13.9. The first-order valence-electron chi connectivity index (χ1n) is 7.31. The lowest BCUT2D eigenvalue weighted by Gasteiger charge is -2.00. The summed E-state index contributed by atoms with van der Waals surface area (Å²) in [4.78, 5) is 21.6. The molecule has 0 saturated carbocycles. The van der Waals surface area contributed by atoms with Gasteiger partial charge in [0.15, 0.2) is 0 Å². The summed E-state index contributed by atoms with van der Waals surface area (Å²) in [6.45, 7) is 0.472. The molecule has 0 radical (unpaired) electrons. The van der Waals surface area contributed by atoms with Crippen molar-refractivity contribution in [1.82, 2.24) is 11.0 Å². The molecule has 11 N–H and O–H groups in total. The van der Waals surface area contributed by atoms with Gasteiger partial charge in [-0.2, -0.15) is 0 Å². The lowest BCUT2D eigenvalue weighted by molar-refractivity contribution is 0.0703. The van der Waals surface area contributed by atoms with Crippen LogP contribution in [0, 0.1) is 0 Å². The second-order valence-electron chi connectivity index (χ2n) is 4.57. The summed E-state index contributed by atoms with van der Waals surface area (Å²) in [5, 5.41) is 24.3. The predicted molar refractivity (Wildman–Crippen MR) is 96.4 cm³/mol. The van der Waals surface area contributed by atoms with Crippen molar-refractivity contribution < 1.29 is 25.1 Å². The smallest absolute Gasteiger partial charge is 0.276 e. The number of amides is 2. The molecule has 0 fully saturated rings. The monoisotopic (exact) mass is 365 g/mol. The lowest BCUT2D eigenvalue weighted by Crippen LogP contribution is -2.19. The first kappa shape index (κ1) is 22.8. The molecule has 2 aromatic carbocycles. The van der Waals surface area contributed by atoms with Gasteiger partial charge in [-0.25, -0.2) is 11.0 Å². The Labute approximate surface area is 150 Å².